The molecule has 3 aromatic rings. The molecule has 1 aliphatic carbocycles. The molecule has 2 atom stereocenters. The number of Topliss-reactive ketones (excluding diaryl/α,β-unsaturated/α-hetero) is 1. The first-order valence-electron chi connectivity index (χ1n) is 9.60. The van der Waals surface area contributed by atoms with E-state index in [0.717, 1.165) is 12.1 Å². The van der Waals surface area contributed by atoms with E-state index in [9.17, 15) is 19.7 Å². The van der Waals surface area contributed by atoms with Gasteiger partial charge in [-0.3, -0.25) is 24.8 Å². The molecule has 5 rings (SSSR count). The van der Waals surface area contributed by atoms with E-state index < -0.39 is 4.92 Å². The van der Waals surface area contributed by atoms with E-state index in [-0.39, 0.29) is 28.9 Å². The molecule has 2 N–H and O–H groups in total. The summed E-state index contributed by atoms with van der Waals surface area (Å²) in [6.45, 7) is 1.88. The van der Waals surface area contributed by atoms with Crippen LogP contribution in [-0.2, 0) is 4.79 Å². The number of H-pyrrole nitrogens is 1. The number of allylic oxidation sites excluding steroid dienone is 2. The lowest BCUT2D eigenvalue weighted by Crippen LogP contribution is -2.30. The number of non-ortho nitro benzene ring substituents is 1. The number of carbonyl (C=O) groups excluding carboxylic acids is 1. The molecule has 9 heteroatoms. The maximum Gasteiger partial charge on any atom is 0.277 e. The van der Waals surface area contributed by atoms with Crippen LogP contribution < -0.4 is 10.9 Å². The van der Waals surface area contributed by atoms with Crippen LogP contribution in [0.5, 0.6) is 0 Å². The van der Waals surface area contributed by atoms with Gasteiger partial charge in [-0.25, -0.2) is 4.68 Å². The van der Waals surface area contributed by atoms with Crippen LogP contribution >= 0.6 is 11.3 Å². The van der Waals surface area contributed by atoms with Gasteiger partial charge in [0.05, 0.1) is 16.2 Å². The van der Waals surface area contributed by atoms with Gasteiger partial charge in [0, 0.05) is 46.5 Å². The second kappa shape index (κ2) is 6.81. The van der Waals surface area contributed by atoms with E-state index in [4.69, 9.17) is 0 Å². The molecular formula is C21H18N4O4S. The number of benzene rings is 1. The summed E-state index contributed by atoms with van der Waals surface area (Å²) in [6.07, 6.45) is 1.16. The highest BCUT2D eigenvalue weighted by molar-refractivity contribution is 7.10. The smallest absolute Gasteiger partial charge is 0.277 e. The molecule has 30 heavy (non-hydrogen) atoms. The number of thiophene rings is 1. The van der Waals surface area contributed by atoms with Gasteiger partial charge in [0.1, 0.15) is 5.82 Å². The Labute approximate surface area is 175 Å². The Morgan fingerprint density at radius 1 is 1.17 bits per heavy atom. The largest absolute Gasteiger partial charge is 0.343 e. The fraction of sp³-hybridized carbons (Fsp3) is 0.238. The minimum atomic E-state index is -0.483. The summed E-state index contributed by atoms with van der Waals surface area (Å²) in [5.74, 6) is 0.462. The first kappa shape index (κ1) is 18.6. The van der Waals surface area contributed by atoms with Gasteiger partial charge in [-0.1, -0.05) is 13.0 Å². The monoisotopic (exact) mass is 422 g/mol. The third kappa shape index (κ3) is 2.81. The van der Waals surface area contributed by atoms with Crippen molar-refractivity contribution in [3.63, 3.8) is 0 Å². The number of nitrogens with zero attached hydrogens (tertiary/aromatic N) is 2. The maximum atomic E-state index is 13.1. The normalized spacial score (nSPS) is 20.5. The molecule has 0 radical (unpaired) electrons. The zero-order valence-corrected chi connectivity index (χ0v) is 16.9. The van der Waals surface area contributed by atoms with Crippen molar-refractivity contribution in [2.75, 3.05) is 5.32 Å². The third-order valence-corrected chi connectivity index (χ3v) is 6.88. The van der Waals surface area contributed by atoms with E-state index in [2.05, 4.69) is 16.5 Å². The minimum Gasteiger partial charge on any atom is -0.343 e. The first-order valence-corrected chi connectivity index (χ1v) is 10.5. The van der Waals surface area contributed by atoms with Crippen LogP contribution in [0, 0.1) is 10.1 Å². The summed E-state index contributed by atoms with van der Waals surface area (Å²) in [6, 6.07) is 9.81. The molecule has 2 aromatic heterocycles. The number of hydrogen-bond acceptors (Lipinski definition) is 6. The van der Waals surface area contributed by atoms with E-state index in [1.807, 2.05) is 18.4 Å². The molecule has 2 unspecified atom stereocenters. The van der Waals surface area contributed by atoms with Crippen molar-refractivity contribution in [3.8, 4) is 5.69 Å². The Morgan fingerprint density at radius 2 is 1.93 bits per heavy atom. The van der Waals surface area contributed by atoms with Gasteiger partial charge >= 0.3 is 0 Å². The number of ketones is 1. The number of carbonyl (C=O) groups is 1. The average Bonchev–Trinajstić information content (AvgIpc) is 3.36. The summed E-state index contributed by atoms with van der Waals surface area (Å²) < 4.78 is 1.36. The predicted octanol–water partition coefficient (Wildman–Crippen LogP) is 4.07. The van der Waals surface area contributed by atoms with Crippen LogP contribution in [-0.4, -0.2) is 20.5 Å². The second-order valence-corrected chi connectivity index (χ2v) is 8.58. The number of aromatic nitrogens is 2. The molecule has 0 amide bonds. The predicted molar refractivity (Wildman–Crippen MR) is 113 cm³/mol. The lowest BCUT2D eigenvalue weighted by atomic mass is 9.77. The summed E-state index contributed by atoms with van der Waals surface area (Å²) in [7, 11) is 0. The van der Waals surface area contributed by atoms with Crippen LogP contribution in [0.3, 0.4) is 0 Å². The van der Waals surface area contributed by atoms with Crippen LogP contribution in [0.15, 0.2) is 57.8 Å². The lowest BCUT2D eigenvalue weighted by Gasteiger charge is -2.32. The Morgan fingerprint density at radius 3 is 2.60 bits per heavy atom. The molecule has 1 aromatic carbocycles. The Hall–Kier alpha value is -3.46. The fourth-order valence-corrected chi connectivity index (χ4v) is 5.25. The molecule has 0 saturated heterocycles. The quantitative estimate of drug-likeness (QED) is 0.488. The van der Waals surface area contributed by atoms with Crippen molar-refractivity contribution in [2.24, 2.45) is 0 Å². The number of nitro groups is 1. The molecule has 2 aliphatic rings. The number of fused-ring (bicyclic) bond motifs is 1. The fourth-order valence-electron chi connectivity index (χ4n) is 4.42. The van der Waals surface area contributed by atoms with E-state index in [1.54, 1.807) is 11.3 Å². The number of nitro benzene ring substituents is 1. The van der Waals surface area contributed by atoms with E-state index >= 15 is 0 Å². The van der Waals surface area contributed by atoms with Gasteiger partial charge in [0.15, 0.2) is 5.78 Å². The Kier molecular flexibility index (Phi) is 4.21. The van der Waals surface area contributed by atoms with Crippen LogP contribution in [0.1, 0.15) is 42.0 Å². The number of hydrogen-bond donors (Lipinski definition) is 2. The van der Waals surface area contributed by atoms with Crippen molar-refractivity contribution in [3.05, 3.63) is 84.0 Å². The second-order valence-electron chi connectivity index (χ2n) is 7.60. The molecule has 3 heterocycles. The summed E-state index contributed by atoms with van der Waals surface area (Å²) in [5.41, 5.74) is 2.24. The molecule has 1 aliphatic heterocycles. The van der Waals surface area contributed by atoms with Crippen molar-refractivity contribution in [2.45, 2.75) is 31.6 Å². The topological polar surface area (TPSA) is 110 Å². The maximum absolute atomic E-state index is 13.1. The summed E-state index contributed by atoms with van der Waals surface area (Å²) >= 11 is 1.65. The molecule has 8 nitrogen and oxygen atoms in total. The summed E-state index contributed by atoms with van der Waals surface area (Å²) in [5, 5.41) is 19.3. The molecule has 152 valence electrons. The van der Waals surface area contributed by atoms with Crippen LogP contribution in [0.4, 0.5) is 11.5 Å². The summed E-state index contributed by atoms with van der Waals surface area (Å²) in [4.78, 5) is 37.7. The van der Waals surface area contributed by atoms with Gasteiger partial charge in [-0.15, -0.1) is 11.3 Å². The zero-order chi connectivity index (χ0) is 21.0. The molecule has 0 bridgehead atoms. The number of aromatic amines is 1. The lowest BCUT2D eigenvalue weighted by molar-refractivity contribution is -0.384. The van der Waals surface area contributed by atoms with Crippen molar-refractivity contribution in [1.29, 1.82) is 0 Å². The third-order valence-electron chi connectivity index (χ3n) is 5.84. The number of anilines is 1. The molecular weight excluding hydrogens is 404 g/mol. The number of rotatable bonds is 3. The molecule has 0 spiro atoms. The van der Waals surface area contributed by atoms with Gasteiger partial charge in [0.2, 0.25) is 0 Å². The van der Waals surface area contributed by atoms with Crippen LogP contribution in [0.25, 0.3) is 5.69 Å². The molecule has 0 saturated carbocycles. The standard InChI is InChI=1S/C21H18N4O4S/c1-11-18-15(9-12(10-16(18)26)17-3-2-8-30-17)22-20-19(11)21(27)24(23-20)13-4-6-14(7-5-13)25(28)29/h2-8,11-12,22-23H,9-10H2,1H3. The zero-order valence-electron chi connectivity index (χ0n) is 16.0. The minimum absolute atomic E-state index is 0.0445. The van der Waals surface area contributed by atoms with Gasteiger partial charge in [0.25, 0.3) is 11.2 Å². The van der Waals surface area contributed by atoms with Gasteiger partial charge < -0.3 is 5.32 Å². The van der Waals surface area contributed by atoms with Crippen molar-refractivity contribution in [1.82, 2.24) is 9.78 Å². The Balaban J connectivity index is 1.52. The van der Waals surface area contributed by atoms with Crippen LogP contribution in [0.2, 0.25) is 0 Å². The van der Waals surface area contributed by atoms with Crippen molar-refractivity contribution >= 4 is 28.6 Å². The van der Waals surface area contributed by atoms with Gasteiger partial charge in [-0.2, -0.15) is 0 Å². The van der Waals surface area contributed by atoms with Gasteiger partial charge in [-0.05, 0) is 30.0 Å². The first-order chi connectivity index (χ1) is 14.4. The number of nitrogens with one attached hydrogen (secondary N) is 2. The highest BCUT2D eigenvalue weighted by atomic mass is 32.1. The highest BCUT2D eigenvalue weighted by Crippen LogP contribution is 2.44. The molecule has 0 fully saturated rings. The SMILES string of the molecule is CC1C2=C(CC(c3cccs3)CC2=O)Nc2[nH]n(-c3ccc([N+](=O)[O-])cc3)c(=O)c21. The average molecular weight is 422 g/mol. The van der Waals surface area contributed by atoms with Crippen molar-refractivity contribution < 1.29 is 9.72 Å². The van der Waals surface area contributed by atoms with E-state index in [0.29, 0.717) is 29.1 Å². The Bertz CT molecular complexity index is 1250. The van der Waals surface area contributed by atoms with E-state index in [1.165, 1.54) is 33.8 Å². The highest BCUT2D eigenvalue weighted by Gasteiger charge is 2.38.